The van der Waals surface area contributed by atoms with Crippen molar-refractivity contribution >= 4 is 29.0 Å². The molecule has 2 aromatic rings. The van der Waals surface area contributed by atoms with E-state index in [4.69, 9.17) is 0 Å². The zero-order chi connectivity index (χ0) is 15.5. The van der Waals surface area contributed by atoms with E-state index in [1.807, 2.05) is 45.2 Å². The third kappa shape index (κ3) is 4.28. The topological polar surface area (TPSA) is 72.7 Å². The highest BCUT2D eigenvalue weighted by Crippen LogP contribution is 2.22. The first-order valence-corrected chi connectivity index (χ1v) is 8.49. The van der Waals surface area contributed by atoms with Crippen LogP contribution < -0.4 is 5.32 Å². The van der Waals surface area contributed by atoms with E-state index in [0.29, 0.717) is 10.9 Å². The van der Waals surface area contributed by atoms with E-state index < -0.39 is 0 Å². The molecule has 6 nitrogen and oxygen atoms in total. The molecule has 0 bridgehead atoms. The second-order valence-electron chi connectivity index (χ2n) is 5.64. The lowest BCUT2D eigenvalue weighted by Gasteiger charge is -2.19. The van der Waals surface area contributed by atoms with E-state index in [2.05, 4.69) is 20.8 Å². The molecule has 114 valence electrons. The number of nitrogens with one attached hydrogen (secondary N) is 1. The Morgan fingerprint density at radius 1 is 1.52 bits per heavy atom. The summed E-state index contributed by atoms with van der Waals surface area (Å²) in [6.45, 7) is 8.04. The number of amides is 1. The third-order valence-corrected chi connectivity index (χ3v) is 4.73. The fourth-order valence-electron chi connectivity index (χ4n) is 1.71. The Hall–Kier alpha value is -1.41. The number of hydrogen-bond acceptors (Lipinski definition) is 6. The van der Waals surface area contributed by atoms with Crippen molar-refractivity contribution in [3.63, 3.8) is 0 Å². The van der Waals surface area contributed by atoms with Gasteiger partial charge in [0.15, 0.2) is 0 Å². The number of thioether (sulfide) groups is 1. The highest BCUT2D eigenvalue weighted by Gasteiger charge is 2.21. The standard InChI is InChI=1S/C13H19N5OS2/c1-9(10-6-5-7-20-10)14-11(19)8-21-12-15-16-17-18(12)13(2,3)4/h5-7,9H,8H2,1-4H3,(H,14,19). The van der Waals surface area contributed by atoms with E-state index in [-0.39, 0.29) is 17.5 Å². The summed E-state index contributed by atoms with van der Waals surface area (Å²) < 4.78 is 1.73. The quantitative estimate of drug-likeness (QED) is 0.855. The number of thiophene rings is 1. The predicted molar refractivity (Wildman–Crippen MR) is 84.4 cm³/mol. The van der Waals surface area contributed by atoms with Gasteiger partial charge in [-0.3, -0.25) is 4.79 Å². The molecule has 2 aromatic heterocycles. The van der Waals surface area contributed by atoms with E-state index in [9.17, 15) is 4.79 Å². The maximum absolute atomic E-state index is 12.0. The second kappa shape index (κ2) is 6.57. The molecule has 0 aliphatic heterocycles. The van der Waals surface area contributed by atoms with Crippen LogP contribution in [0.4, 0.5) is 0 Å². The van der Waals surface area contributed by atoms with Gasteiger partial charge in [0.1, 0.15) is 0 Å². The Morgan fingerprint density at radius 2 is 2.29 bits per heavy atom. The van der Waals surface area contributed by atoms with Crippen LogP contribution in [0.15, 0.2) is 22.7 Å². The molecule has 8 heteroatoms. The zero-order valence-electron chi connectivity index (χ0n) is 12.5. The van der Waals surface area contributed by atoms with Crippen molar-refractivity contribution < 1.29 is 4.79 Å². The second-order valence-corrected chi connectivity index (χ2v) is 7.56. The number of nitrogens with zero attached hydrogens (tertiary/aromatic N) is 4. The predicted octanol–water partition coefficient (Wildman–Crippen LogP) is 2.46. The van der Waals surface area contributed by atoms with Gasteiger partial charge >= 0.3 is 0 Å². The zero-order valence-corrected chi connectivity index (χ0v) is 14.2. The van der Waals surface area contributed by atoms with E-state index in [1.165, 1.54) is 11.8 Å². The van der Waals surface area contributed by atoms with Crippen molar-refractivity contribution in [2.75, 3.05) is 5.75 Å². The molecule has 1 atom stereocenters. The van der Waals surface area contributed by atoms with Gasteiger partial charge in [0.25, 0.3) is 0 Å². The first kappa shape index (κ1) is 16.0. The maximum atomic E-state index is 12.0. The van der Waals surface area contributed by atoms with Gasteiger partial charge < -0.3 is 5.32 Å². The summed E-state index contributed by atoms with van der Waals surface area (Å²) in [6.07, 6.45) is 0. The maximum Gasteiger partial charge on any atom is 0.230 e. The number of hydrogen-bond donors (Lipinski definition) is 1. The number of carbonyl (C=O) groups is 1. The lowest BCUT2D eigenvalue weighted by Crippen LogP contribution is -2.28. The Morgan fingerprint density at radius 3 is 2.90 bits per heavy atom. The van der Waals surface area contributed by atoms with Gasteiger partial charge in [0.2, 0.25) is 11.1 Å². The molecule has 1 unspecified atom stereocenters. The van der Waals surface area contributed by atoms with Crippen LogP contribution in [0.3, 0.4) is 0 Å². The summed E-state index contributed by atoms with van der Waals surface area (Å²) in [4.78, 5) is 13.1. The van der Waals surface area contributed by atoms with Crippen LogP contribution in [0.25, 0.3) is 0 Å². The molecule has 0 fully saturated rings. The Labute approximate surface area is 132 Å². The minimum Gasteiger partial charge on any atom is -0.348 e. The van der Waals surface area contributed by atoms with Crippen molar-refractivity contribution in [2.24, 2.45) is 0 Å². The van der Waals surface area contributed by atoms with E-state index in [1.54, 1.807) is 16.0 Å². The number of aromatic nitrogens is 4. The van der Waals surface area contributed by atoms with Gasteiger partial charge in [-0.15, -0.1) is 16.4 Å². The summed E-state index contributed by atoms with van der Waals surface area (Å²) in [7, 11) is 0. The fourth-order valence-corrected chi connectivity index (χ4v) is 3.32. The van der Waals surface area contributed by atoms with Crippen LogP contribution in [0.5, 0.6) is 0 Å². The highest BCUT2D eigenvalue weighted by molar-refractivity contribution is 7.99. The first-order chi connectivity index (χ1) is 9.88. The molecule has 0 aromatic carbocycles. The molecule has 21 heavy (non-hydrogen) atoms. The molecule has 0 saturated heterocycles. The van der Waals surface area contributed by atoms with Gasteiger partial charge in [0, 0.05) is 4.88 Å². The highest BCUT2D eigenvalue weighted by atomic mass is 32.2. The normalized spacial score (nSPS) is 13.1. The van der Waals surface area contributed by atoms with Gasteiger partial charge in [-0.2, -0.15) is 0 Å². The first-order valence-electron chi connectivity index (χ1n) is 6.62. The summed E-state index contributed by atoms with van der Waals surface area (Å²) in [6, 6.07) is 4.02. The van der Waals surface area contributed by atoms with Gasteiger partial charge in [0.05, 0.1) is 17.3 Å². The van der Waals surface area contributed by atoms with Crippen LogP contribution >= 0.6 is 23.1 Å². The number of rotatable bonds is 5. The third-order valence-electron chi connectivity index (χ3n) is 2.76. The minimum absolute atomic E-state index is 0.0237. The average Bonchev–Trinajstić information content (AvgIpc) is 3.06. The molecular weight excluding hydrogens is 306 g/mol. The molecule has 1 N–H and O–H groups in total. The largest absolute Gasteiger partial charge is 0.348 e. The Kier molecular flexibility index (Phi) is 5.00. The van der Waals surface area contributed by atoms with Crippen molar-refractivity contribution in [3.05, 3.63) is 22.4 Å². The van der Waals surface area contributed by atoms with Crippen LogP contribution in [0.1, 0.15) is 38.6 Å². The minimum atomic E-state index is -0.202. The summed E-state index contributed by atoms with van der Waals surface area (Å²) in [5.41, 5.74) is -0.202. The number of carbonyl (C=O) groups excluding carboxylic acids is 1. The Bertz CT molecular complexity index is 588. The van der Waals surface area contributed by atoms with Crippen molar-refractivity contribution in [1.29, 1.82) is 0 Å². The monoisotopic (exact) mass is 325 g/mol. The van der Waals surface area contributed by atoms with Crippen molar-refractivity contribution in [1.82, 2.24) is 25.5 Å². The lowest BCUT2D eigenvalue weighted by atomic mass is 10.1. The summed E-state index contributed by atoms with van der Waals surface area (Å²) >= 11 is 2.98. The molecule has 1 amide bonds. The molecule has 0 saturated carbocycles. The van der Waals surface area contributed by atoms with Crippen LogP contribution in [-0.2, 0) is 10.3 Å². The molecule has 0 radical (unpaired) electrons. The Balaban J connectivity index is 1.89. The molecule has 0 spiro atoms. The van der Waals surface area contributed by atoms with E-state index in [0.717, 1.165) is 4.88 Å². The molecule has 0 aliphatic rings. The van der Waals surface area contributed by atoms with Gasteiger partial charge in [-0.1, -0.05) is 17.8 Å². The SMILES string of the molecule is CC(NC(=O)CSc1nnnn1C(C)(C)C)c1cccs1. The van der Waals surface area contributed by atoms with E-state index >= 15 is 0 Å². The van der Waals surface area contributed by atoms with Crippen molar-refractivity contribution in [3.8, 4) is 0 Å². The smallest absolute Gasteiger partial charge is 0.230 e. The van der Waals surface area contributed by atoms with Gasteiger partial charge in [-0.05, 0) is 49.6 Å². The van der Waals surface area contributed by atoms with Crippen LogP contribution in [-0.4, -0.2) is 31.9 Å². The number of tetrazole rings is 1. The molecule has 2 rings (SSSR count). The van der Waals surface area contributed by atoms with Crippen molar-refractivity contribution in [2.45, 2.75) is 44.4 Å². The fraction of sp³-hybridized carbons (Fsp3) is 0.538. The molecular formula is C13H19N5OS2. The summed E-state index contributed by atoms with van der Waals surface area (Å²) in [5, 5.41) is 17.3. The molecule has 2 heterocycles. The average molecular weight is 325 g/mol. The van der Waals surface area contributed by atoms with Crippen LogP contribution in [0.2, 0.25) is 0 Å². The summed E-state index contributed by atoms with van der Waals surface area (Å²) in [5.74, 6) is 0.274. The lowest BCUT2D eigenvalue weighted by molar-refractivity contribution is -0.119. The van der Waals surface area contributed by atoms with Gasteiger partial charge in [-0.25, -0.2) is 4.68 Å². The van der Waals surface area contributed by atoms with Crippen LogP contribution in [0, 0.1) is 0 Å². The molecule has 0 aliphatic carbocycles.